The van der Waals surface area contributed by atoms with Crippen molar-refractivity contribution in [3.63, 3.8) is 0 Å². The molecule has 2 aliphatic rings. The summed E-state index contributed by atoms with van der Waals surface area (Å²) in [7, 11) is 0. The van der Waals surface area contributed by atoms with Crippen LogP contribution in [0.3, 0.4) is 0 Å². The fraction of sp³-hybridized carbons (Fsp3) is 0.933. The summed E-state index contributed by atoms with van der Waals surface area (Å²) in [6, 6.07) is 0.614. The molecule has 0 aromatic carbocycles. The van der Waals surface area contributed by atoms with Crippen LogP contribution in [0, 0.1) is 5.92 Å². The van der Waals surface area contributed by atoms with Crippen LogP contribution in [0.25, 0.3) is 0 Å². The summed E-state index contributed by atoms with van der Waals surface area (Å²) >= 11 is 0. The summed E-state index contributed by atoms with van der Waals surface area (Å²) in [6.07, 6.45) is 3.66. The molecule has 5 heteroatoms. The first-order valence-corrected chi connectivity index (χ1v) is 8.05. The molecule has 0 spiro atoms. The maximum atomic E-state index is 12.3. The zero-order chi connectivity index (χ0) is 14.4. The molecule has 0 bridgehead atoms. The van der Waals surface area contributed by atoms with E-state index in [4.69, 9.17) is 4.74 Å². The molecule has 0 aromatic heterocycles. The Bertz CT molecular complexity index is 305. The van der Waals surface area contributed by atoms with Gasteiger partial charge in [0.25, 0.3) is 0 Å². The Labute approximate surface area is 122 Å². The molecule has 2 heterocycles. The van der Waals surface area contributed by atoms with Crippen LogP contribution in [-0.2, 0) is 9.53 Å². The molecular weight excluding hydrogens is 254 g/mol. The van der Waals surface area contributed by atoms with Crippen LogP contribution in [-0.4, -0.2) is 62.3 Å². The minimum atomic E-state index is -0.0349. The molecular formula is C15H29N3O2. The van der Waals surface area contributed by atoms with Crippen LogP contribution < -0.4 is 10.6 Å². The monoisotopic (exact) mass is 283 g/mol. The zero-order valence-electron chi connectivity index (χ0n) is 12.9. The number of carbonyl (C=O) groups is 1. The third-order valence-electron chi connectivity index (χ3n) is 4.41. The normalized spacial score (nSPS) is 28.7. The molecule has 20 heavy (non-hydrogen) atoms. The van der Waals surface area contributed by atoms with E-state index in [0.29, 0.717) is 19.3 Å². The van der Waals surface area contributed by atoms with Gasteiger partial charge in [0.2, 0.25) is 5.91 Å². The van der Waals surface area contributed by atoms with Crippen molar-refractivity contribution in [2.24, 2.45) is 5.92 Å². The van der Waals surface area contributed by atoms with Crippen LogP contribution in [0.5, 0.6) is 0 Å². The highest BCUT2D eigenvalue weighted by Gasteiger charge is 2.33. The SMILES string of the molecule is CCCNC1COCC1C(=O)NCC(C)N1CCCC1. The van der Waals surface area contributed by atoms with Crippen LogP contribution in [0.2, 0.25) is 0 Å². The molecule has 2 saturated heterocycles. The minimum absolute atomic E-state index is 0.0349. The number of hydrogen-bond donors (Lipinski definition) is 2. The van der Waals surface area contributed by atoms with Crippen molar-refractivity contribution in [2.45, 2.75) is 45.2 Å². The van der Waals surface area contributed by atoms with Gasteiger partial charge in [-0.1, -0.05) is 6.92 Å². The van der Waals surface area contributed by atoms with Crippen molar-refractivity contribution in [2.75, 3.05) is 39.4 Å². The largest absolute Gasteiger partial charge is 0.379 e. The third-order valence-corrected chi connectivity index (χ3v) is 4.41. The molecule has 0 radical (unpaired) electrons. The molecule has 3 atom stereocenters. The Morgan fingerprint density at radius 1 is 1.35 bits per heavy atom. The highest BCUT2D eigenvalue weighted by Crippen LogP contribution is 2.15. The zero-order valence-corrected chi connectivity index (χ0v) is 12.9. The number of carbonyl (C=O) groups excluding carboxylic acids is 1. The standard InChI is InChI=1S/C15H29N3O2/c1-3-6-16-14-11-20-10-13(14)15(19)17-9-12(2)18-7-4-5-8-18/h12-14,16H,3-11H2,1-2H3,(H,17,19). The number of rotatable bonds is 7. The summed E-state index contributed by atoms with van der Waals surface area (Å²) < 4.78 is 5.46. The van der Waals surface area contributed by atoms with Gasteiger partial charge in [-0.15, -0.1) is 0 Å². The quantitative estimate of drug-likeness (QED) is 0.718. The fourth-order valence-electron chi connectivity index (χ4n) is 3.03. The lowest BCUT2D eigenvalue weighted by Crippen LogP contribution is -2.47. The first kappa shape index (κ1) is 15.7. The topological polar surface area (TPSA) is 53.6 Å². The molecule has 2 rings (SSSR count). The van der Waals surface area contributed by atoms with E-state index < -0.39 is 0 Å². The molecule has 2 N–H and O–H groups in total. The van der Waals surface area contributed by atoms with E-state index in [0.717, 1.165) is 19.5 Å². The lowest BCUT2D eigenvalue weighted by molar-refractivity contribution is -0.125. The van der Waals surface area contributed by atoms with Gasteiger partial charge in [0.05, 0.1) is 19.1 Å². The summed E-state index contributed by atoms with van der Waals surface area (Å²) in [5.41, 5.74) is 0. The summed E-state index contributed by atoms with van der Waals surface area (Å²) in [4.78, 5) is 14.7. The first-order chi connectivity index (χ1) is 9.72. The van der Waals surface area contributed by atoms with E-state index in [9.17, 15) is 4.79 Å². The van der Waals surface area contributed by atoms with Crippen LogP contribution in [0.1, 0.15) is 33.1 Å². The average Bonchev–Trinajstić information content (AvgIpc) is 3.12. The third kappa shape index (κ3) is 4.17. The minimum Gasteiger partial charge on any atom is -0.379 e. The Balaban J connectivity index is 1.72. The van der Waals surface area contributed by atoms with Crippen molar-refractivity contribution in [3.8, 4) is 0 Å². The average molecular weight is 283 g/mol. The molecule has 3 unspecified atom stereocenters. The highest BCUT2D eigenvalue weighted by atomic mass is 16.5. The Kier molecular flexibility index (Phi) is 6.26. The second-order valence-corrected chi connectivity index (χ2v) is 6.04. The molecule has 0 saturated carbocycles. The lowest BCUT2D eigenvalue weighted by atomic mass is 10.0. The van der Waals surface area contributed by atoms with Gasteiger partial charge < -0.3 is 15.4 Å². The van der Waals surface area contributed by atoms with Crippen molar-refractivity contribution in [3.05, 3.63) is 0 Å². The maximum Gasteiger partial charge on any atom is 0.227 e. The number of likely N-dealkylation sites (tertiary alicyclic amines) is 1. The van der Waals surface area contributed by atoms with Gasteiger partial charge in [-0.05, 0) is 45.8 Å². The van der Waals surface area contributed by atoms with Gasteiger partial charge in [0.1, 0.15) is 0 Å². The van der Waals surface area contributed by atoms with Gasteiger partial charge in [-0.2, -0.15) is 0 Å². The van der Waals surface area contributed by atoms with Gasteiger partial charge in [-0.3, -0.25) is 9.69 Å². The molecule has 2 aliphatic heterocycles. The predicted molar refractivity (Wildman–Crippen MR) is 79.7 cm³/mol. The van der Waals surface area contributed by atoms with Gasteiger partial charge in [-0.25, -0.2) is 0 Å². The molecule has 0 aromatic rings. The molecule has 2 fully saturated rings. The fourth-order valence-corrected chi connectivity index (χ4v) is 3.03. The molecule has 1 amide bonds. The van der Waals surface area contributed by atoms with E-state index in [-0.39, 0.29) is 17.9 Å². The molecule has 5 nitrogen and oxygen atoms in total. The number of hydrogen-bond acceptors (Lipinski definition) is 4. The van der Waals surface area contributed by atoms with Crippen molar-refractivity contribution in [1.82, 2.24) is 15.5 Å². The molecule has 116 valence electrons. The van der Waals surface area contributed by atoms with E-state index in [1.165, 1.54) is 25.9 Å². The van der Waals surface area contributed by atoms with Crippen molar-refractivity contribution >= 4 is 5.91 Å². The number of nitrogens with zero attached hydrogens (tertiary/aromatic N) is 1. The Morgan fingerprint density at radius 2 is 2.10 bits per heavy atom. The van der Waals surface area contributed by atoms with Crippen LogP contribution in [0.4, 0.5) is 0 Å². The van der Waals surface area contributed by atoms with E-state index >= 15 is 0 Å². The number of nitrogens with one attached hydrogen (secondary N) is 2. The van der Waals surface area contributed by atoms with Crippen molar-refractivity contribution in [1.29, 1.82) is 0 Å². The van der Waals surface area contributed by atoms with Crippen molar-refractivity contribution < 1.29 is 9.53 Å². The summed E-state index contributed by atoms with van der Waals surface area (Å²) in [5.74, 6) is 0.106. The van der Waals surface area contributed by atoms with Gasteiger partial charge >= 0.3 is 0 Å². The number of amides is 1. The Morgan fingerprint density at radius 3 is 2.80 bits per heavy atom. The van der Waals surface area contributed by atoms with E-state index in [1.807, 2.05) is 0 Å². The second-order valence-electron chi connectivity index (χ2n) is 6.04. The maximum absolute atomic E-state index is 12.3. The highest BCUT2D eigenvalue weighted by molar-refractivity contribution is 5.79. The number of ether oxygens (including phenoxy) is 1. The predicted octanol–water partition coefficient (Wildman–Crippen LogP) is 0.602. The summed E-state index contributed by atoms with van der Waals surface area (Å²) in [6.45, 7) is 9.57. The van der Waals surface area contributed by atoms with Crippen LogP contribution >= 0.6 is 0 Å². The molecule has 0 aliphatic carbocycles. The Hall–Kier alpha value is -0.650. The van der Waals surface area contributed by atoms with Crippen LogP contribution in [0.15, 0.2) is 0 Å². The van der Waals surface area contributed by atoms with E-state index in [2.05, 4.69) is 29.4 Å². The lowest BCUT2D eigenvalue weighted by Gasteiger charge is -2.25. The second kappa shape index (κ2) is 7.96. The van der Waals surface area contributed by atoms with E-state index in [1.54, 1.807) is 0 Å². The van der Waals surface area contributed by atoms with Gasteiger partial charge in [0, 0.05) is 18.6 Å². The first-order valence-electron chi connectivity index (χ1n) is 8.05. The smallest absolute Gasteiger partial charge is 0.227 e. The summed E-state index contributed by atoms with van der Waals surface area (Å²) in [5, 5.41) is 6.52. The van der Waals surface area contributed by atoms with Gasteiger partial charge in [0.15, 0.2) is 0 Å².